The molecule has 0 spiro atoms. The van der Waals surface area contributed by atoms with Crippen molar-refractivity contribution in [3.8, 4) is 0 Å². The molecule has 4 nitrogen and oxygen atoms in total. The summed E-state index contributed by atoms with van der Waals surface area (Å²) in [6, 6.07) is 13.8. The van der Waals surface area contributed by atoms with Crippen molar-refractivity contribution in [2.75, 3.05) is 13.1 Å². The summed E-state index contributed by atoms with van der Waals surface area (Å²) in [5.74, 6) is 0.0649. The molecule has 1 aliphatic rings. The van der Waals surface area contributed by atoms with Crippen molar-refractivity contribution in [1.82, 2.24) is 15.2 Å². The molecule has 0 unspecified atom stereocenters. The van der Waals surface area contributed by atoms with Crippen molar-refractivity contribution < 1.29 is 4.79 Å². The highest BCUT2D eigenvalue weighted by atomic mass is 16.2. The minimum absolute atomic E-state index is 0.0649. The smallest absolute Gasteiger partial charge is 0.240 e. The van der Waals surface area contributed by atoms with Gasteiger partial charge in [0.25, 0.3) is 0 Å². The van der Waals surface area contributed by atoms with Crippen LogP contribution in [-0.4, -0.2) is 34.4 Å². The van der Waals surface area contributed by atoms with Gasteiger partial charge in [-0.2, -0.15) is 0 Å². The van der Waals surface area contributed by atoms with Crippen LogP contribution in [0.15, 0.2) is 54.9 Å². The Morgan fingerprint density at radius 1 is 1.04 bits per heavy atom. The number of aromatic nitrogens is 1. The SMILES string of the molecule is CC(C)(C(=O)N[C@H](c1ccccc1)c1ccncc1)N1CCCC1. The predicted molar refractivity (Wildman–Crippen MR) is 95.6 cm³/mol. The van der Waals surface area contributed by atoms with Crippen molar-refractivity contribution in [3.63, 3.8) is 0 Å². The number of likely N-dealkylation sites (tertiary alicyclic amines) is 1. The number of carbonyl (C=O) groups excluding carboxylic acids is 1. The molecule has 0 saturated carbocycles. The zero-order valence-corrected chi connectivity index (χ0v) is 14.4. The molecular formula is C20H25N3O. The number of benzene rings is 1. The van der Waals surface area contributed by atoms with E-state index in [1.54, 1.807) is 12.4 Å². The Balaban J connectivity index is 1.85. The molecule has 4 heteroatoms. The van der Waals surface area contributed by atoms with Crippen LogP contribution in [0.25, 0.3) is 0 Å². The summed E-state index contributed by atoms with van der Waals surface area (Å²) in [7, 11) is 0. The van der Waals surface area contributed by atoms with Gasteiger partial charge in [-0.3, -0.25) is 14.7 Å². The molecule has 0 radical (unpaired) electrons. The maximum absolute atomic E-state index is 13.0. The predicted octanol–water partition coefficient (Wildman–Crippen LogP) is 3.16. The molecule has 0 bridgehead atoms. The number of pyridine rings is 1. The maximum atomic E-state index is 13.0. The Hall–Kier alpha value is -2.20. The number of nitrogens with zero attached hydrogens (tertiary/aromatic N) is 2. The highest BCUT2D eigenvalue weighted by Gasteiger charge is 2.37. The number of hydrogen-bond donors (Lipinski definition) is 1. The normalized spacial score (nSPS) is 16.8. The summed E-state index contributed by atoms with van der Waals surface area (Å²) in [6.07, 6.45) is 5.87. The molecule has 126 valence electrons. The average Bonchev–Trinajstić information content (AvgIpc) is 3.16. The van der Waals surface area contributed by atoms with Gasteiger partial charge >= 0.3 is 0 Å². The van der Waals surface area contributed by atoms with Crippen LogP contribution in [0.5, 0.6) is 0 Å². The first-order valence-electron chi connectivity index (χ1n) is 8.60. The van der Waals surface area contributed by atoms with E-state index in [1.807, 2.05) is 56.3 Å². The zero-order valence-electron chi connectivity index (χ0n) is 14.4. The van der Waals surface area contributed by atoms with Crippen molar-refractivity contribution in [3.05, 3.63) is 66.0 Å². The second-order valence-electron chi connectivity index (χ2n) is 6.85. The molecular weight excluding hydrogens is 298 g/mol. The van der Waals surface area contributed by atoms with Crippen LogP contribution in [0.2, 0.25) is 0 Å². The van der Waals surface area contributed by atoms with Gasteiger partial charge in [0.15, 0.2) is 0 Å². The fourth-order valence-corrected chi connectivity index (χ4v) is 3.29. The molecule has 1 aliphatic heterocycles. The Kier molecular flexibility index (Phi) is 4.95. The van der Waals surface area contributed by atoms with Gasteiger partial charge < -0.3 is 5.32 Å². The number of amides is 1. The van der Waals surface area contributed by atoms with Crippen LogP contribution in [-0.2, 0) is 4.79 Å². The van der Waals surface area contributed by atoms with Gasteiger partial charge in [-0.15, -0.1) is 0 Å². The third kappa shape index (κ3) is 3.49. The molecule has 0 aliphatic carbocycles. The van der Waals surface area contributed by atoms with Crippen molar-refractivity contribution in [2.45, 2.75) is 38.3 Å². The molecule has 1 amide bonds. The molecule has 1 aromatic heterocycles. The topological polar surface area (TPSA) is 45.2 Å². The molecule has 1 saturated heterocycles. The van der Waals surface area contributed by atoms with E-state index in [-0.39, 0.29) is 11.9 Å². The first-order valence-corrected chi connectivity index (χ1v) is 8.60. The molecule has 1 N–H and O–H groups in total. The largest absolute Gasteiger partial charge is 0.344 e. The lowest BCUT2D eigenvalue weighted by atomic mass is 9.96. The Morgan fingerprint density at radius 3 is 2.25 bits per heavy atom. The van der Waals surface area contributed by atoms with Crippen LogP contribution in [0.1, 0.15) is 43.9 Å². The molecule has 1 aromatic carbocycles. The van der Waals surface area contributed by atoms with E-state index in [9.17, 15) is 4.79 Å². The lowest BCUT2D eigenvalue weighted by Crippen LogP contribution is -2.54. The van der Waals surface area contributed by atoms with Crippen LogP contribution in [0, 0.1) is 0 Å². The molecule has 24 heavy (non-hydrogen) atoms. The van der Waals surface area contributed by atoms with E-state index >= 15 is 0 Å². The van der Waals surface area contributed by atoms with Gasteiger partial charge in [-0.25, -0.2) is 0 Å². The summed E-state index contributed by atoms with van der Waals surface area (Å²) in [5, 5.41) is 3.26. The Morgan fingerprint density at radius 2 is 1.62 bits per heavy atom. The summed E-state index contributed by atoms with van der Waals surface area (Å²) in [4.78, 5) is 19.4. The number of nitrogens with one attached hydrogen (secondary N) is 1. The fraction of sp³-hybridized carbons (Fsp3) is 0.400. The molecule has 3 rings (SSSR count). The summed E-state index contributed by atoms with van der Waals surface area (Å²) < 4.78 is 0. The molecule has 2 heterocycles. The minimum Gasteiger partial charge on any atom is -0.344 e. The van der Waals surface area contributed by atoms with E-state index in [0.29, 0.717) is 0 Å². The number of hydrogen-bond acceptors (Lipinski definition) is 3. The molecule has 2 aromatic rings. The van der Waals surface area contributed by atoms with E-state index in [4.69, 9.17) is 0 Å². The lowest BCUT2D eigenvalue weighted by Gasteiger charge is -2.35. The standard InChI is InChI=1S/C20H25N3O/c1-20(2,23-14-6-7-15-23)19(24)22-18(16-8-4-3-5-9-16)17-10-12-21-13-11-17/h3-5,8-13,18H,6-7,14-15H2,1-2H3,(H,22,24)/t18-/m1/s1. The van der Waals surface area contributed by atoms with Crippen molar-refractivity contribution >= 4 is 5.91 Å². The highest BCUT2D eigenvalue weighted by molar-refractivity contribution is 5.86. The highest BCUT2D eigenvalue weighted by Crippen LogP contribution is 2.25. The Labute approximate surface area is 143 Å². The van der Waals surface area contributed by atoms with Gasteiger partial charge in [-0.05, 0) is 63.0 Å². The van der Waals surface area contributed by atoms with Gasteiger partial charge in [0.1, 0.15) is 0 Å². The first kappa shape index (κ1) is 16.7. The van der Waals surface area contributed by atoms with Crippen LogP contribution < -0.4 is 5.32 Å². The van der Waals surface area contributed by atoms with Gasteiger partial charge in [0.05, 0.1) is 11.6 Å². The van der Waals surface area contributed by atoms with Crippen molar-refractivity contribution in [1.29, 1.82) is 0 Å². The summed E-state index contributed by atoms with van der Waals surface area (Å²) in [5.41, 5.74) is 1.62. The summed E-state index contributed by atoms with van der Waals surface area (Å²) in [6.45, 7) is 6.02. The number of rotatable bonds is 5. The third-order valence-electron chi connectivity index (χ3n) is 4.90. The van der Waals surface area contributed by atoms with E-state index < -0.39 is 5.54 Å². The third-order valence-corrected chi connectivity index (χ3v) is 4.90. The van der Waals surface area contributed by atoms with Crippen molar-refractivity contribution in [2.24, 2.45) is 0 Å². The fourth-order valence-electron chi connectivity index (χ4n) is 3.29. The lowest BCUT2D eigenvalue weighted by molar-refractivity contribution is -0.131. The van der Waals surface area contributed by atoms with E-state index in [1.165, 1.54) is 12.8 Å². The average molecular weight is 323 g/mol. The van der Waals surface area contributed by atoms with E-state index in [2.05, 4.69) is 15.2 Å². The minimum atomic E-state index is -0.503. The van der Waals surface area contributed by atoms with Gasteiger partial charge in [0.2, 0.25) is 5.91 Å². The molecule has 1 atom stereocenters. The summed E-state index contributed by atoms with van der Waals surface area (Å²) >= 11 is 0. The maximum Gasteiger partial charge on any atom is 0.240 e. The second kappa shape index (κ2) is 7.14. The Bertz CT molecular complexity index is 624. The first-order chi connectivity index (χ1) is 11.6. The second-order valence-corrected chi connectivity index (χ2v) is 6.85. The zero-order chi connectivity index (χ0) is 17.0. The van der Waals surface area contributed by atoms with Gasteiger partial charge in [0, 0.05) is 12.4 Å². The molecule has 1 fully saturated rings. The van der Waals surface area contributed by atoms with Crippen LogP contribution >= 0.6 is 0 Å². The monoisotopic (exact) mass is 323 g/mol. The van der Waals surface area contributed by atoms with Gasteiger partial charge in [-0.1, -0.05) is 30.3 Å². The van der Waals surface area contributed by atoms with Crippen LogP contribution in [0.4, 0.5) is 0 Å². The van der Waals surface area contributed by atoms with Crippen LogP contribution in [0.3, 0.4) is 0 Å². The number of carbonyl (C=O) groups is 1. The quantitative estimate of drug-likeness (QED) is 0.919. The van der Waals surface area contributed by atoms with E-state index in [0.717, 1.165) is 24.2 Å².